The topological polar surface area (TPSA) is 51.1 Å². The molecule has 0 amide bonds. The summed E-state index contributed by atoms with van der Waals surface area (Å²) in [5, 5.41) is 0.449. The lowest BCUT2D eigenvalue weighted by Gasteiger charge is -2.14. The maximum absolute atomic E-state index is 12.6. The van der Waals surface area contributed by atoms with Gasteiger partial charge in [0.25, 0.3) is 10.0 Å². The van der Waals surface area contributed by atoms with Crippen molar-refractivity contribution >= 4 is 38.9 Å². The molecule has 1 N–H and O–H groups in total. The van der Waals surface area contributed by atoms with Gasteiger partial charge in [-0.05, 0) is 42.5 Å². The highest BCUT2D eigenvalue weighted by Crippen LogP contribution is 2.28. The monoisotopic (exact) mass is 366 g/mol. The normalized spacial score (nSPS) is 11.4. The number of hydrogen-bond acceptors (Lipinski definition) is 2. The molecule has 0 saturated heterocycles. The summed E-state index contributed by atoms with van der Waals surface area (Å²) >= 11 is 11.8. The van der Waals surface area contributed by atoms with E-state index in [0.29, 0.717) is 16.4 Å². The molecule has 0 aliphatic heterocycles. The minimum absolute atomic E-state index is 0.0223. The zero-order chi connectivity index (χ0) is 16.4. The van der Waals surface area contributed by atoms with Crippen molar-refractivity contribution < 1.29 is 8.42 Å². The number of aromatic nitrogens is 1. The zero-order valence-electron chi connectivity index (χ0n) is 11.8. The fraction of sp³-hybridized carbons (Fsp3) is 0. The van der Waals surface area contributed by atoms with Gasteiger partial charge in [-0.1, -0.05) is 35.3 Å². The van der Waals surface area contributed by atoms with Gasteiger partial charge < -0.3 is 4.57 Å². The molecule has 7 heteroatoms. The molecule has 0 unspecified atom stereocenters. The molecule has 1 aromatic heterocycles. The predicted octanol–water partition coefficient (Wildman–Crippen LogP) is 4.58. The highest BCUT2D eigenvalue weighted by atomic mass is 35.5. The maximum Gasteiger partial charge on any atom is 0.263 e. The fourth-order valence-corrected chi connectivity index (χ4v) is 4.02. The zero-order valence-corrected chi connectivity index (χ0v) is 14.1. The number of nitrogens with zero attached hydrogens (tertiary/aromatic N) is 1. The van der Waals surface area contributed by atoms with Crippen LogP contribution in [0.1, 0.15) is 0 Å². The lowest BCUT2D eigenvalue weighted by molar-refractivity contribution is 0.601. The highest BCUT2D eigenvalue weighted by molar-refractivity contribution is 7.92. The fourth-order valence-electron chi connectivity index (χ4n) is 2.17. The van der Waals surface area contributed by atoms with E-state index in [1.54, 1.807) is 12.1 Å². The lowest BCUT2D eigenvalue weighted by atomic mass is 10.3. The predicted molar refractivity (Wildman–Crippen MR) is 93.0 cm³/mol. The molecular weight excluding hydrogens is 355 g/mol. The Morgan fingerprint density at radius 3 is 2.30 bits per heavy atom. The number of para-hydroxylation sites is 2. The summed E-state index contributed by atoms with van der Waals surface area (Å²) in [6.45, 7) is 0. The molecule has 3 aromatic rings. The molecule has 4 nitrogen and oxygen atoms in total. The number of benzene rings is 2. The van der Waals surface area contributed by atoms with Crippen LogP contribution in [0.25, 0.3) is 5.69 Å². The van der Waals surface area contributed by atoms with Crippen LogP contribution in [0.15, 0.2) is 71.9 Å². The van der Waals surface area contributed by atoms with Gasteiger partial charge in [0.05, 0.1) is 16.4 Å². The minimum atomic E-state index is -3.83. The summed E-state index contributed by atoms with van der Waals surface area (Å²) < 4.78 is 29.6. The first-order valence-corrected chi connectivity index (χ1v) is 8.91. The van der Waals surface area contributed by atoms with Crippen molar-refractivity contribution in [3.8, 4) is 5.69 Å². The molecule has 0 radical (unpaired) electrons. The molecular formula is C16H12Cl2N2O2S. The quantitative estimate of drug-likeness (QED) is 0.734. The van der Waals surface area contributed by atoms with Gasteiger partial charge >= 0.3 is 0 Å². The third-order valence-electron chi connectivity index (χ3n) is 3.21. The van der Waals surface area contributed by atoms with E-state index in [1.807, 2.05) is 41.2 Å². The van der Waals surface area contributed by atoms with Crippen LogP contribution < -0.4 is 4.72 Å². The molecule has 0 aliphatic rings. The second-order valence-corrected chi connectivity index (χ2v) is 7.28. The Labute approximate surface area is 144 Å². The number of sulfonamides is 1. The van der Waals surface area contributed by atoms with Crippen molar-refractivity contribution in [3.05, 3.63) is 77.0 Å². The summed E-state index contributed by atoms with van der Waals surface area (Å²) in [7, 11) is -3.83. The first-order valence-electron chi connectivity index (χ1n) is 6.67. The van der Waals surface area contributed by atoms with Gasteiger partial charge in [-0.25, -0.2) is 8.42 Å². The Kier molecular flexibility index (Phi) is 4.35. The lowest BCUT2D eigenvalue weighted by Crippen LogP contribution is -2.15. The molecule has 23 heavy (non-hydrogen) atoms. The van der Waals surface area contributed by atoms with Crippen LogP contribution in [-0.4, -0.2) is 13.0 Å². The van der Waals surface area contributed by atoms with Crippen LogP contribution in [-0.2, 0) is 10.0 Å². The highest BCUT2D eigenvalue weighted by Gasteiger charge is 2.19. The van der Waals surface area contributed by atoms with Gasteiger partial charge in [0, 0.05) is 17.4 Å². The van der Waals surface area contributed by atoms with Crippen LogP contribution in [0, 0.1) is 0 Å². The smallest absolute Gasteiger partial charge is 0.263 e. The van der Waals surface area contributed by atoms with Crippen LogP contribution in [0.5, 0.6) is 0 Å². The van der Waals surface area contributed by atoms with Gasteiger partial charge in [-0.15, -0.1) is 0 Å². The van der Waals surface area contributed by atoms with Crippen molar-refractivity contribution in [2.75, 3.05) is 4.72 Å². The van der Waals surface area contributed by atoms with E-state index in [0.717, 1.165) is 0 Å². The first-order chi connectivity index (χ1) is 11.0. The summed E-state index contributed by atoms with van der Waals surface area (Å²) in [5.74, 6) is 0. The largest absolute Gasteiger partial charge is 0.322 e. The van der Waals surface area contributed by atoms with E-state index in [1.165, 1.54) is 18.2 Å². The average Bonchev–Trinajstić information content (AvgIpc) is 3.01. The maximum atomic E-state index is 12.6. The summed E-state index contributed by atoms with van der Waals surface area (Å²) in [4.78, 5) is -0.0223. The van der Waals surface area contributed by atoms with Crippen LogP contribution in [0.2, 0.25) is 10.0 Å². The van der Waals surface area contributed by atoms with Crippen molar-refractivity contribution in [2.24, 2.45) is 0 Å². The SMILES string of the molecule is O=S(=O)(Nc1ccccc1-n1cccc1)c1ccc(Cl)cc1Cl. The molecule has 0 atom stereocenters. The van der Waals surface area contributed by atoms with E-state index in [-0.39, 0.29) is 9.92 Å². The Bertz CT molecular complexity index is 938. The first kappa shape index (κ1) is 15.9. The van der Waals surface area contributed by atoms with Gasteiger partial charge in [0.2, 0.25) is 0 Å². The third kappa shape index (κ3) is 3.37. The average molecular weight is 367 g/mol. The number of rotatable bonds is 4. The summed E-state index contributed by atoms with van der Waals surface area (Å²) in [6, 6.07) is 15.1. The molecule has 118 valence electrons. The summed E-state index contributed by atoms with van der Waals surface area (Å²) in [6.07, 6.45) is 3.67. The number of anilines is 1. The van der Waals surface area contributed by atoms with Crippen molar-refractivity contribution in [2.45, 2.75) is 4.90 Å². The molecule has 2 aromatic carbocycles. The van der Waals surface area contributed by atoms with E-state index in [9.17, 15) is 8.42 Å². The second-order valence-electron chi connectivity index (χ2n) is 4.79. The number of nitrogens with one attached hydrogen (secondary N) is 1. The Balaban J connectivity index is 2.02. The molecule has 0 spiro atoms. The second kappa shape index (κ2) is 6.28. The standard InChI is InChI=1S/C16H12Cl2N2O2S/c17-12-7-8-16(13(18)11-12)23(21,22)19-14-5-1-2-6-15(14)20-9-3-4-10-20/h1-11,19H. The van der Waals surface area contributed by atoms with Crippen LogP contribution >= 0.6 is 23.2 Å². The van der Waals surface area contributed by atoms with Crippen LogP contribution in [0.4, 0.5) is 5.69 Å². The number of halogens is 2. The molecule has 0 saturated carbocycles. The Morgan fingerprint density at radius 2 is 1.61 bits per heavy atom. The minimum Gasteiger partial charge on any atom is -0.322 e. The van der Waals surface area contributed by atoms with Crippen molar-refractivity contribution in [1.82, 2.24) is 4.57 Å². The Morgan fingerprint density at radius 1 is 0.913 bits per heavy atom. The van der Waals surface area contributed by atoms with Gasteiger partial charge in [-0.3, -0.25) is 4.72 Å². The van der Waals surface area contributed by atoms with E-state index < -0.39 is 10.0 Å². The number of hydrogen-bond donors (Lipinski definition) is 1. The Hall–Kier alpha value is -1.95. The molecule has 1 heterocycles. The van der Waals surface area contributed by atoms with E-state index in [4.69, 9.17) is 23.2 Å². The third-order valence-corrected chi connectivity index (χ3v) is 5.30. The van der Waals surface area contributed by atoms with Crippen molar-refractivity contribution in [1.29, 1.82) is 0 Å². The van der Waals surface area contributed by atoms with Crippen molar-refractivity contribution in [3.63, 3.8) is 0 Å². The van der Waals surface area contributed by atoms with Gasteiger partial charge in [0.1, 0.15) is 4.90 Å². The molecule has 3 rings (SSSR count). The molecule has 0 aliphatic carbocycles. The summed E-state index contributed by atoms with van der Waals surface area (Å²) in [5.41, 5.74) is 1.17. The molecule has 0 fully saturated rings. The van der Waals surface area contributed by atoms with Crippen LogP contribution in [0.3, 0.4) is 0 Å². The van der Waals surface area contributed by atoms with Gasteiger partial charge in [0.15, 0.2) is 0 Å². The van der Waals surface area contributed by atoms with E-state index >= 15 is 0 Å². The molecule has 0 bridgehead atoms. The van der Waals surface area contributed by atoms with Gasteiger partial charge in [-0.2, -0.15) is 0 Å². The van der Waals surface area contributed by atoms with E-state index in [2.05, 4.69) is 4.72 Å².